The molecule has 1 unspecified atom stereocenters. The largest absolute Gasteiger partial charge is 0.105 e. The van der Waals surface area contributed by atoms with Gasteiger partial charge in [-0.2, -0.15) is 0 Å². The van der Waals surface area contributed by atoms with Crippen LogP contribution in [-0.2, 0) is 21.7 Å². The molecule has 0 fully saturated rings. The summed E-state index contributed by atoms with van der Waals surface area (Å²) in [6.07, 6.45) is 0. The van der Waals surface area contributed by atoms with E-state index in [-0.39, 0.29) is 21.7 Å². The summed E-state index contributed by atoms with van der Waals surface area (Å²) in [6.45, 7) is 27.8. The molecular formula is C28H43P. The van der Waals surface area contributed by atoms with E-state index in [9.17, 15) is 0 Å². The van der Waals surface area contributed by atoms with Crippen molar-refractivity contribution in [3.63, 3.8) is 0 Å². The minimum absolute atomic E-state index is 0.0610. The van der Waals surface area contributed by atoms with Crippen LogP contribution in [0.15, 0.2) is 30.3 Å². The summed E-state index contributed by atoms with van der Waals surface area (Å²) < 4.78 is 0. The third kappa shape index (κ3) is 5.14. The molecule has 0 aliphatic heterocycles. The highest BCUT2D eigenvalue weighted by Gasteiger charge is 2.29. The Morgan fingerprint density at radius 2 is 1.00 bits per heavy atom. The first kappa shape index (κ1) is 24.1. The van der Waals surface area contributed by atoms with Crippen LogP contribution in [0.1, 0.15) is 105 Å². The molecule has 0 aliphatic carbocycles. The van der Waals surface area contributed by atoms with Gasteiger partial charge in [0.2, 0.25) is 0 Å². The second-order valence-electron chi connectivity index (χ2n) is 12.7. The zero-order valence-corrected chi connectivity index (χ0v) is 22.1. The topological polar surface area (TPSA) is 0 Å². The van der Waals surface area contributed by atoms with Crippen LogP contribution in [0.3, 0.4) is 0 Å². The molecule has 0 nitrogen and oxygen atoms in total. The second kappa shape index (κ2) is 7.53. The van der Waals surface area contributed by atoms with Crippen molar-refractivity contribution in [2.75, 3.05) is 0 Å². The number of benzene rings is 2. The van der Waals surface area contributed by atoms with Crippen LogP contribution >= 0.6 is 9.24 Å². The summed E-state index contributed by atoms with van der Waals surface area (Å²) in [5.41, 5.74) is 8.86. The van der Waals surface area contributed by atoms with Crippen molar-refractivity contribution in [2.24, 2.45) is 0 Å². The standard InChI is InChI=1S/C28H43P/c1-25(2,3)18-13-14-19(22(17-18)27(7,8)9)20-15-16-21(26(4,5)6)24(29)23(20)28(10,11)12/h13-17H,29H2,1-12H3. The summed E-state index contributed by atoms with van der Waals surface area (Å²) in [5.74, 6) is 0. The van der Waals surface area contributed by atoms with E-state index in [2.05, 4.69) is 123 Å². The van der Waals surface area contributed by atoms with Crippen LogP contribution in [0.4, 0.5) is 0 Å². The van der Waals surface area contributed by atoms with Crippen molar-refractivity contribution >= 4 is 14.5 Å². The quantitative estimate of drug-likeness (QED) is 0.417. The van der Waals surface area contributed by atoms with Gasteiger partial charge >= 0.3 is 0 Å². The van der Waals surface area contributed by atoms with Crippen LogP contribution < -0.4 is 5.30 Å². The van der Waals surface area contributed by atoms with Crippen molar-refractivity contribution < 1.29 is 0 Å². The van der Waals surface area contributed by atoms with Gasteiger partial charge in [0, 0.05) is 0 Å². The lowest BCUT2D eigenvalue weighted by atomic mass is 9.73. The molecule has 0 aliphatic rings. The van der Waals surface area contributed by atoms with Crippen LogP contribution in [-0.4, -0.2) is 0 Å². The van der Waals surface area contributed by atoms with Gasteiger partial charge in [-0.05, 0) is 60.3 Å². The van der Waals surface area contributed by atoms with Gasteiger partial charge in [-0.25, -0.2) is 0 Å². The Bertz CT molecular complexity index is 888. The van der Waals surface area contributed by atoms with E-state index in [4.69, 9.17) is 0 Å². The Kier molecular flexibility index (Phi) is 6.27. The van der Waals surface area contributed by atoms with Gasteiger partial charge in [0.05, 0.1) is 0 Å². The predicted molar refractivity (Wildman–Crippen MR) is 136 cm³/mol. The summed E-state index contributed by atoms with van der Waals surface area (Å²) in [7, 11) is 3.08. The van der Waals surface area contributed by atoms with E-state index in [1.165, 1.54) is 38.7 Å². The van der Waals surface area contributed by atoms with Gasteiger partial charge in [-0.15, -0.1) is 9.24 Å². The normalized spacial score (nSPS) is 13.7. The minimum Gasteiger partial charge on any atom is -0.105 e. The molecule has 0 saturated carbocycles. The maximum atomic E-state index is 3.08. The Morgan fingerprint density at radius 1 is 0.517 bits per heavy atom. The van der Waals surface area contributed by atoms with Gasteiger partial charge in [0.1, 0.15) is 0 Å². The van der Waals surface area contributed by atoms with Crippen LogP contribution in [0.2, 0.25) is 0 Å². The fourth-order valence-electron chi connectivity index (χ4n) is 4.17. The van der Waals surface area contributed by atoms with Gasteiger partial charge in [-0.3, -0.25) is 0 Å². The van der Waals surface area contributed by atoms with E-state index in [0.717, 1.165) is 0 Å². The summed E-state index contributed by atoms with van der Waals surface area (Å²) >= 11 is 0. The lowest BCUT2D eigenvalue weighted by Gasteiger charge is -2.33. The van der Waals surface area contributed by atoms with Crippen molar-refractivity contribution in [2.45, 2.75) is 105 Å². The molecule has 0 saturated heterocycles. The Labute approximate surface area is 183 Å². The Hall–Kier alpha value is -1.13. The Morgan fingerprint density at radius 3 is 1.41 bits per heavy atom. The van der Waals surface area contributed by atoms with Crippen LogP contribution in [0, 0.1) is 0 Å². The molecule has 2 aromatic carbocycles. The molecular weight excluding hydrogens is 367 g/mol. The fourth-order valence-corrected chi connectivity index (χ4v) is 5.29. The molecule has 1 atom stereocenters. The zero-order chi connectivity index (χ0) is 22.6. The average molecular weight is 411 g/mol. The molecule has 2 aromatic rings. The number of rotatable bonds is 1. The molecule has 0 N–H and O–H groups in total. The molecule has 29 heavy (non-hydrogen) atoms. The molecule has 0 bridgehead atoms. The van der Waals surface area contributed by atoms with Crippen molar-refractivity contribution in [3.8, 4) is 11.1 Å². The molecule has 0 radical (unpaired) electrons. The summed E-state index contributed by atoms with van der Waals surface area (Å²) in [5, 5.41) is 1.36. The molecule has 0 amide bonds. The first-order valence-corrected chi connectivity index (χ1v) is 11.5. The third-order valence-electron chi connectivity index (χ3n) is 5.79. The van der Waals surface area contributed by atoms with E-state index >= 15 is 0 Å². The monoisotopic (exact) mass is 410 g/mol. The highest BCUT2D eigenvalue weighted by Crippen LogP contribution is 2.41. The molecule has 2 rings (SSSR count). The van der Waals surface area contributed by atoms with Crippen LogP contribution in [0.5, 0.6) is 0 Å². The molecule has 1 heteroatoms. The van der Waals surface area contributed by atoms with Crippen molar-refractivity contribution in [1.82, 2.24) is 0 Å². The highest BCUT2D eigenvalue weighted by molar-refractivity contribution is 7.27. The summed E-state index contributed by atoms with van der Waals surface area (Å²) in [4.78, 5) is 0. The SMILES string of the molecule is CC(C)(C)c1ccc(-c2ccc(C(C)(C)C)c(P)c2C(C)(C)C)c(C(C)(C)C)c1. The van der Waals surface area contributed by atoms with E-state index in [1.54, 1.807) is 0 Å². The third-order valence-corrected chi connectivity index (χ3v) is 6.39. The lowest BCUT2D eigenvalue weighted by molar-refractivity contribution is 0.567. The maximum absolute atomic E-state index is 3.08. The predicted octanol–water partition coefficient (Wildman–Crippen LogP) is 8.04. The van der Waals surface area contributed by atoms with E-state index in [1.807, 2.05) is 0 Å². The second-order valence-corrected chi connectivity index (χ2v) is 13.3. The highest BCUT2D eigenvalue weighted by atomic mass is 31.0. The Balaban J connectivity index is 2.93. The van der Waals surface area contributed by atoms with Gasteiger partial charge in [0.25, 0.3) is 0 Å². The lowest BCUT2D eigenvalue weighted by Crippen LogP contribution is -2.28. The van der Waals surface area contributed by atoms with Gasteiger partial charge in [-0.1, -0.05) is 113 Å². The van der Waals surface area contributed by atoms with E-state index in [0.29, 0.717) is 0 Å². The zero-order valence-electron chi connectivity index (χ0n) is 21.0. The maximum Gasteiger partial charge on any atom is -0.0119 e. The molecule has 0 aromatic heterocycles. The average Bonchev–Trinajstić information content (AvgIpc) is 2.49. The fraction of sp³-hybridized carbons (Fsp3) is 0.571. The smallest absolute Gasteiger partial charge is 0.0119 e. The molecule has 0 spiro atoms. The van der Waals surface area contributed by atoms with Crippen LogP contribution in [0.25, 0.3) is 11.1 Å². The van der Waals surface area contributed by atoms with Gasteiger partial charge in [0.15, 0.2) is 0 Å². The van der Waals surface area contributed by atoms with Crippen molar-refractivity contribution in [1.29, 1.82) is 0 Å². The molecule has 0 heterocycles. The number of hydrogen-bond acceptors (Lipinski definition) is 0. The first-order chi connectivity index (χ1) is 12.8. The van der Waals surface area contributed by atoms with E-state index < -0.39 is 0 Å². The first-order valence-electron chi connectivity index (χ1n) is 10.9. The molecule has 160 valence electrons. The van der Waals surface area contributed by atoms with Crippen molar-refractivity contribution in [3.05, 3.63) is 52.6 Å². The number of hydrogen-bond donors (Lipinski definition) is 0. The minimum atomic E-state index is 0.0610. The summed E-state index contributed by atoms with van der Waals surface area (Å²) in [6, 6.07) is 11.9. The van der Waals surface area contributed by atoms with Gasteiger partial charge < -0.3 is 0 Å².